The van der Waals surface area contributed by atoms with E-state index < -0.39 is 48.3 Å². The smallest absolute Gasteiger partial charge is 0.186 e. The topological polar surface area (TPSA) is 137 Å². The van der Waals surface area contributed by atoms with E-state index in [1.807, 2.05) is 0 Å². The van der Waals surface area contributed by atoms with Crippen LogP contribution in [-0.4, -0.2) is 80.3 Å². The Kier molecular flexibility index (Phi) is 6.69. The molecule has 0 aromatic heterocycles. The summed E-state index contributed by atoms with van der Waals surface area (Å²) in [4.78, 5) is 12.5. The number of rotatable bonds is 4. The van der Waals surface area contributed by atoms with Crippen molar-refractivity contribution < 1.29 is 39.8 Å². The van der Waals surface area contributed by atoms with Crippen molar-refractivity contribution in [1.82, 2.24) is 0 Å². The number of aliphatic hydroxyl groups excluding tert-OH is 4. The number of ether oxygens (including phenoxy) is 2. The molecule has 13 atom stereocenters. The van der Waals surface area contributed by atoms with Crippen LogP contribution in [0.5, 0.6) is 0 Å². The highest BCUT2D eigenvalue weighted by molar-refractivity contribution is 5.83. The fraction of sp³-hybridized carbons (Fsp3) is 0.963. The van der Waals surface area contributed by atoms with Crippen molar-refractivity contribution in [2.75, 3.05) is 6.61 Å². The molecule has 0 aromatic rings. The standard InChI is InChI=1S/C27H44O8/c1-14-21(30)22(31)23(32)24(34-14)35-16-6-9-25(2)15(12-16)4-5-18-17(25)7-10-26(3)19(20(29)13-28)8-11-27(18,26)33/h14-19,21-24,28,30-33H,4-13H2,1-3H3/t14?,15-,16+,17?,18?,19-,21+,22+,23?,24+,25+,26-,27+/m1/s1. The molecule has 1 saturated heterocycles. The zero-order chi connectivity index (χ0) is 25.3. The number of carbonyl (C=O) groups excluding carboxylic acids is 1. The Labute approximate surface area is 208 Å². The zero-order valence-corrected chi connectivity index (χ0v) is 21.3. The first-order chi connectivity index (χ1) is 16.5. The minimum atomic E-state index is -1.29. The van der Waals surface area contributed by atoms with Gasteiger partial charge in [0.25, 0.3) is 0 Å². The molecule has 0 amide bonds. The average Bonchev–Trinajstić information content (AvgIpc) is 3.12. The number of aliphatic hydroxyl groups is 5. The van der Waals surface area contributed by atoms with Crippen LogP contribution in [0.3, 0.4) is 0 Å². The molecule has 0 aromatic carbocycles. The molecule has 5 fully saturated rings. The van der Waals surface area contributed by atoms with E-state index in [1.54, 1.807) is 6.92 Å². The van der Waals surface area contributed by atoms with Gasteiger partial charge in [-0.05, 0) is 87.9 Å². The van der Waals surface area contributed by atoms with Gasteiger partial charge >= 0.3 is 0 Å². The molecule has 8 heteroatoms. The van der Waals surface area contributed by atoms with Gasteiger partial charge in [-0.25, -0.2) is 0 Å². The molecule has 5 rings (SSSR count). The molecule has 5 N–H and O–H groups in total. The number of ketones is 1. The Hall–Kier alpha value is -0.610. The molecule has 4 saturated carbocycles. The monoisotopic (exact) mass is 496 g/mol. The van der Waals surface area contributed by atoms with E-state index in [1.165, 1.54) is 0 Å². The van der Waals surface area contributed by atoms with E-state index in [4.69, 9.17) is 9.47 Å². The maximum absolute atomic E-state index is 12.5. The highest BCUT2D eigenvalue weighted by atomic mass is 16.7. The Morgan fingerprint density at radius 3 is 2.40 bits per heavy atom. The lowest BCUT2D eigenvalue weighted by molar-refractivity contribution is -0.310. The Balaban J connectivity index is 1.29. The molecular weight excluding hydrogens is 452 g/mol. The summed E-state index contributed by atoms with van der Waals surface area (Å²) >= 11 is 0. The van der Waals surface area contributed by atoms with Crippen LogP contribution in [0.1, 0.15) is 78.6 Å². The van der Waals surface area contributed by atoms with Crippen molar-refractivity contribution in [2.24, 2.45) is 34.5 Å². The number of Topliss-reactive ketones (excluding diaryl/α,β-unsaturated/α-hetero) is 1. The average molecular weight is 497 g/mol. The van der Waals surface area contributed by atoms with Gasteiger partial charge in [0.1, 0.15) is 24.9 Å². The van der Waals surface area contributed by atoms with Gasteiger partial charge in [0.05, 0.1) is 17.8 Å². The van der Waals surface area contributed by atoms with Crippen LogP contribution in [0, 0.1) is 34.5 Å². The third-order valence-corrected chi connectivity index (χ3v) is 11.5. The molecule has 35 heavy (non-hydrogen) atoms. The van der Waals surface area contributed by atoms with E-state index in [0.717, 1.165) is 44.9 Å². The molecule has 4 unspecified atom stereocenters. The highest BCUT2D eigenvalue weighted by Gasteiger charge is 2.68. The molecular formula is C27H44O8. The minimum Gasteiger partial charge on any atom is -0.389 e. The minimum absolute atomic E-state index is 0.0773. The zero-order valence-electron chi connectivity index (χ0n) is 21.3. The van der Waals surface area contributed by atoms with Gasteiger partial charge in [-0.3, -0.25) is 4.79 Å². The van der Waals surface area contributed by atoms with Crippen LogP contribution < -0.4 is 0 Å². The van der Waals surface area contributed by atoms with Gasteiger partial charge in [0, 0.05) is 11.3 Å². The molecule has 8 nitrogen and oxygen atoms in total. The Morgan fingerprint density at radius 1 is 0.943 bits per heavy atom. The first-order valence-electron chi connectivity index (χ1n) is 13.7. The van der Waals surface area contributed by atoms with Crippen LogP contribution in [0.4, 0.5) is 0 Å². The van der Waals surface area contributed by atoms with Crippen LogP contribution in [0.2, 0.25) is 0 Å². The van der Waals surface area contributed by atoms with Crippen molar-refractivity contribution in [3.8, 4) is 0 Å². The maximum atomic E-state index is 12.5. The lowest BCUT2D eigenvalue weighted by Gasteiger charge is -2.63. The highest BCUT2D eigenvalue weighted by Crippen LogP contribution is 2.69. The SMILES string of the molecule is CC1O[C@@H](O[C@H]2CC[C@]3(C)C4CC[C@]5(C)[C@@H](C(=O)CO)CC[C@]5(O)C4CC[C@@H]3C2)C(O)[C@@H](O)[C@H]1O. The predicted molar refractivity (Wildman–Crippen MR) is 126 cm³/mol. The van der Waals surface area contributed by atoms with Crippen LogP contribution in [0.25, 0.3) is 0 Å². The van der Waals surface area contributed by atoms with Gasteiger partial charge in [0.15, 0.2) is 12.1 Å². The molecule has 200 valence electrons. The first kappa shape index (κ1) is 26.0. The van der Waals surface area contributed by atoms with Crippen molar-refractivity contribution in [1.29, 1.82) is 0 Å². The second-order valence-corrected chi connectivity index (χ2v) is 12.8. The van der Waals surface area contributed by atoms with E-state index in [-0.39, 0.29) is 29.1 Å². The Morgan fingerprint density at radius 2 is 1.69 bits per heavy atom. The van der Waals surface area contributed by atoms with E-state index >= 15 is 0 Å². The van der Waals surface area contributed by atoms with Gasteiger partial charge in [0.2, 0.25) is 0 Å². The maximum Gasteiger partial charge on any atom is 0.186 e. The van der Waals surface area contributed by atoms with Gasteiger partial charge in [-0.1, -0.05) is 13.8 Å². The molecule has 0 spiro atoms. The summed E-state index contributed by atoms with van der Waals surface area (Å²) in [5.74, 6) is 0.597. The summed E-state index contributed by atoms with van der Waals surface area (Å²) in [7, 11) is 0. The number of fused-ring (bicyclic) bond motifs is 5. The summed E-state index contributed by atoms with van der Waals surface area (Å²) in [5, 5.41) is 52.1. The summed E-state index contributed by atoms with van der Waals surface area (Å²) in [5.41, 5.74) is -1.25. The third kappa shape index (κ3) is 3.77. The van der Waals surface area contributed by atoms with Crippen molar-refractivity contribution in [3.05, 3.63) is 0 Å². The summed E-state index contributed by atoms with van der Waals surface area (Å²) in [6.07, 6.45) is 2.25. The van der Waals surface area contributed by atoms with Gasteiger partial charge in [-0.2, -0.15) is 0 Å². The van der Waals surface area contributed by atoms with Gasteiger partial charge in [-0.15, -0.1) is 0 Å². The van der Waals surface area contributed by atoms with E-state index in [2.05, 4.69) is 13.8 Å². The first-order valence-corrected chi connectivity index (χ1v) is 13.7. The quantitative estimate of drug-likeness (QED) is 0.370. The summed E-state index contributed by atoms with van der Waals surface area (Å²) in [6.45, 7) is 5.67. The fourth-order valence-electron chi connectivity index (χ4n) is 9.25. The van der Waals surface area contributed by atoms with Crippen LogP contribution in [0.15, 0.2) is 0 Å². The lowest BCUT2D eigenvalue weighted by atomic mass is 9.43. The second kappa shape index (κ2) is 9.00. The molecule has 1 aliphatic heterocycles. The number of carbonyl (C=O) groups is 1. The van der Waals surface area contributed by atoms with Gasteiger partial charge < -0.3 is 35.0 Å². The second-order valence-electron chi connectivity index (χ2n) is 12.8. The summed E-state index contributed by atoms with van der Waals surface area (Å²) < 4.78 is 11.8. The summed E-state index contributed by atoms with van der Waals surface area (Å²) in [6, 6.07) is 0. The lowest BCUT2D eigenvalue weighted by Crippen LogP contribution is -2.63. The molecule has 0 bridgehead atoms. The van der Waals surface area contributed by atoms with Crippen LogP contribution in [-0.2, 0) is 14.3 Å². The molecule has 1 heterocycles. The number of hydrogen-bond donors (Lipinski definition) is 5. The predicted octanol–water partition coefficient (Wildman–Crippen LogP) is 1.53. The van der Waals surface area contributed by atoms with Crippen molar-refractivity contribution in [3.63, 3.8) is 0 Å². The fourth-order valence-corrected chi connectivity index (χ4v) is 9.25. The van der Waals surface area contributed by atoms with Crippen LogP contribution >= 0.6 is 0 Å². The van der Waals surface area contributed by atoms with E-state index in [0.29, 0.717) is 24.7 Å². The largest absolute Gasteiger partial charge is 0.389 e. The normalized spacial score (nSPS) is 56.1. The van der Waals surface area contributed by atoms with Crippen molar-refractivity contribution in [2.45, 2.75) is 121 Å². The molecule has 5 aliphatic rings. The Bertz CT molecular complexity index is 821. The van der Waals surface area contributed by atoms with E-state index in [9.17, 15) is 30.3 Å². The molecule has 4 aliphatic carbocycles. The third-order valence-electron chi connectivity index (χ3n) is 11.5. The molecule has 0 radical (unpaired) electrons. The number of hydrogen-bond acceptors (Lipinski definition) is 8. The van der Waals surface area contributed by atoms with Crippen molar-refractivity contribution >= 4 is 5.78 Å².